The number of hydrogen-bond donors (Lipinski definition) is 3. The molecule has 1 unspecified atom stereocenters. The molecule has 1 aliphatic carbocycles. The first-order valence-corrected chi connectivity index (χ1v) is 7.05. The Labute approximate surface area is 114 Å². The van der Waals surface area contributed by atoms with Crippen molar-refractivity contribution >= 4 is 0 Å². The van der Waals surface area contributed by atoms with Gasteiger partial charge in [0.15, 0.2) is 0 Å². The van der Waals surface area contributed by atoms with Crippen molar-refractivity contribution in [3.63, 3.8) is 0 Å². The number of aliphatic hydroxyl groups is 2. The van der Waals surface area contributed by atoms with Crippen LogP contribution in [0.1, 0.15) is 51.4 Å². The maximum Gasteiger partial charge on any atom is 0.133 e. The van der Waals surface area contributed by atoms with E-state index in [1.807, 2.05) is 0 Å². The molecular formula is C15H25NO3. The fraction of sp³-hybridized carbons (Fsp3) is 0.733. The van der Waals surface area contributed by atoms with E-state index in [4.69, 9.17) is 4.42 Å². The molecule has 0 saturated heterocycles. The monoisotopic (exact) mass is 267 g/mol. The molecule has 1 aromatic rings. The molecule has 1 aromatic heterocycles. The van der Waals surface area contributed by atoms with Crippen molar-refractivity contribution in [3.8, 4) is 0 Å². The molecule has 1 saturated carbocycles. The normalized spacial score (nSPS) is 23.2. The van der Waals surface area contributed by atoms with Crippen molar-refractivity contribution in [1.82, 2.24) is 5.32 Å². The largest absolute Gasteiger partial charge is 0.467 e. The second kappa shape index (κ2) is 5.65. The van der Waals surface area contributed by atoms with Crippen molar-refractivity contribution in [2.45, 2.75) is 51.2 Å². The molecule has 1 fully saturated rings. The molecule has 2 rings (SSSR count). The molecule has 4 nitrogen and oxygen atoms in total. The Kier molecular flexibility index (Phi) is 4.33. The number of furan rings is 1. The first-order valence-electron chi connectivity index (χ1n) is 7.05. The lowest BCUT2D eigenvalue weighted by Crippen LogP contribution is -2.45. The van der Waals surface area contributed by atoms with Crippen molar-refractivity contribution in [2.24, 2.45) is 5.41 Å². The molecule has 3 N–H and O–H groups in total. The third-order valence-electron chi connectivity index (χ3n) is 4.20. The summed E-state index contributed by atoms with van der Waals surface area (Å²) in [4.78, 5) is 0. The van der Waals surface area contributed by atoms with Gasteiger partial charge in [-0.15, -0.1) is 0 Å². The van der Waals surface area contributed by atoms with E-state index in [2.05, 4.69) is 19.2 Å². The molecule has 1 aliphatic rings. The fourth-order valence-electron chi connectivity index (χ4n) is 2.59. The van der Waals surface area contributed by atoms with Crippen LogP contribution >= 0.6 is 0 Å². The Morgan fingerprint density at radius 1 is 1.32 bits per heavy atom. The van der Waals surface area contributed by atoms with Gasteiger partial charge in [0.2, 0.25) is 0 Å². The van der Waals surface area contributed by atoms with E-state index in [-0.39, 0.29) is 0 Å². The molecule has 108 valence electrons. The number of nitrogens with one attached hydrogen (secondary N) is 1. The van der Waals surface area contributed by atoms with Gasteiger partial charge in [-0.1, -0.05) is 13.8 Å². The van der Waals surface area contributed by atoms with Gasteiger partial charge in [-0.05, 0) is 43.2 Å². The zero-order chi connectivity index (χ0) is 13.9. The molecule has 0 bridgehead atoms. The summed E-state index contributed by atoms with van der Waals surface area (Å²) in [5.41, 5.74) is -0.279. The Balaban J connectivity index is 1.74. The van der Waals surface area contributed by atoms with Crippen LogP contribution in [0.25, 0.3) is 0 Å². The van der Waals surface area contributed by atoms with Crippen LogP contribution in [0.3, 0.4) is 0 Å². The van der Waals surface area contributed by atoms with Gasteiger partial charge in [0.05, 0.1) is 11.9 Å². The van der Waals surface area contributed by atoms with Gasteiger partial charge < -0.3 is 19.9 Å². The molecule has 0 radical (unpaired) electrons. The van der Waals surface area contributed by atoms with E-state index in [9.17, 15) is 10.2 Å². The van der Waals surface area contributed by atoms with Gasteiger partial charge in [-0.25, -0.2) is 0 Å². The SMILES string of the molecule is CC1(C)CCC(O)(CNCC(O)c2ccco2)CC1. The number of hydrogen-bond acceptors (Lipinski definition) is 4. The molecule has 0 aromatic carbocycles. The summed E-state index contributed by atoms with van der Waals surface area (Å²) >= 11 is 0. The first kappa shape index (κ1) is 14.6. The summed E-state index contributed by atoms with van der Waals surface area (Å²) in [6.07, 6.45) is 4.64. The van der Waals surface area contributed by atoms with Crippen LogP contribution in [0.15, 0.2) is 22.8 Å². The van der Waals surface area contributed by atoms with Crippen LogP contribution in [0.4, 0.5) is 0 Å². The van der Waals surface area contributed by atoms with Crippen molar-refractivity contribution in [3.05, 3.63) is 24.2 Å². The Morgan fingerprint density at radius 2 is 2.00 bits per heavy atom. The minimum Gasteiger partial charge on any atom is -0.467 e. The third kappa shape index (κ3) is 4.06. The Morgan fingerprint density at radius 3 is 2.58 bits per heavy atom. The van der Waals surface area contributed by atoms with Crippen LogP contribution in [0.2, 0.25) is 0 Å². The molecule has 1 atom stereocenters. The third-order valence-corrected chi connectivity index (χ3v) is 4.20. The van der Waals surface area contributed by atoms with Gasteiger partial charge in [0, 0.05) is 13.1 Å². The molecule has 19 heavy (non-hydrogen) atoms. The maximum atomic E-state index is 10.5. The second-order valence-corrected chi connectivity index (χ2v) is 6.55. The van der Waals surface area contributed by atoms with E-state index in [1.165, 1.54) is 0 Å². The Bertz CT molecular complexity index is 376. The highest BCUT2D eigenvalue weighted by Gasteiger charge is 2.36. The van der Waals surface area contributed by atoms with Gasteiger partial charge in [-0.2, -0.15) is 0 Å². The standard InChI is InChI=1S/C15H25NO3/c1-14(2)5-7-15(18,8-6-14)11-16-10-12(17)13-4-3-9-19-13/h3-4,9,12,16-18H,5-8,10-11H2,1-2H3. The first-order chi connectivity index (χ1) is 8.90. The zero-order valence-corrected chi connectivity index (χ0v) is 11.9. The Hall–Kier alpha value is -0.840. The lowest BCUT2D eigenvalue weighted by Gasteiger charge is -2.40. The predicted molar refractivity (Wildman–Crippen MR) is 73.7 cm³/mol. The lowest BCUT2D eigenvalue weighted by atomic mass is 9.71. The van der Waals surface area contributed by atoms with E-state index >= 15 is 0 Å². The minimum atomic E-state index is -0.654. The summed E-state index contributed by atoms with van der Waals surface area (Å²) in [5, 5.41) is 23.5. The van der Waals surface area contributed by atoms with E-state index in [0.29, 0.717) is 24.3 Å². The average Bonchev–Trinajstić information content (AvgIpc) is 2.87. The van der Waals surface area contributed by atoms with Crippen LogP contribution in [0, 0.1) is 5.41 Å². The van der Waals surface area contributed by atoms with Gasteiger partial charge >= 0.3 is 0 Å². The summed E-state index contributed by atoms with van der Waals surface area (Å²) in [7, 11) is 0. The zero-order valence-electron chi connectivity index (χ0n) is 11.9. The summed E-state index contributed by atoms with van der Waals surface area (Å²) < 4.78 is 5.14. The lowest BCUT2D eigenvalue weighted by molar-refractivity contribution is -0.0261. The molecule has 0 spiro atoms. The topological polar surface area (TPSA) is 65.6 Å². The summed E-state index contributed by atoms with van der Waals surface area (Å²) in [5.74, 6) is 0.560. The predicted octanol–water partition coefficient (Wildman–Crippen LogP) is 2.23. The fourth-order valence-corrected chi connectivity index (χ4v) is 2.59. The van der Waals surface area contributed by atoms with Crippen LogP contribution in [-0.2, 0) is 0 Å². The molecule has 0 amide bonds. The van der Waals surface area contributed by atoms with Crippen LogP contribution in [0.5, 0.6) is 0 Å². The molecule has 1 heterocycles. The van der Waals surface area contributed by atoms with Gasteiger partial charge in [0.25, 0.3) is 0 Å². The van der Waals surface area contributed by atoms with Crippen molar-refractivity contribution < 1.29 is 14.6 Å². The van der Waals surface area contributed by atoms with Gasteiger partial charge in [0.1, 0.15) is 11.9 Å². The summed E-state index contributed by atoms with van der Waals surface area (Å²) in [6.45, 7) is 5.43. The van der Waals surface area contributed by atoms with Crippen molar-refractivity contribution in [1.29, 1.82) is 0 Å². The number of aliphatic hydroxyl groups excluding tert-OH is 1. The van der Waals surface area contributed by atoms with E-state index in [0.717, 1.165) is 25.7 Å². The average molecular weight is 267 g/mol. The highest BCUT2D eigenvalue weighted by Crippen LogP contribution is 2.39. The molecule has 0 aliphatic heterocycles. The van der Waals surface area contributed by atoms with E-state index in [1.54, 1.807) is 18.4 Å². The van der Waals surface area contributed by atoms with Crippen molar-refractivity contribution in [2.75, 3.05) is 13.1 Å². The van der Waals surface area contributed by atoms with Crippen LogP contribution < -0.4 is 5.32 Å². The quantitative estimate of drug-likeness (QED) is 0.765. The second-order valence-electron chi connectivity index (χ2n) is 6.55. The highest BCUT2D eigenvalue weighted by molar-refractivity contribution is 5.02. The molecule has 4 heteroatoms. The summed E-state index contributed by atoms with van der Waals surface area (Å²) in [6, 6.07) is 3.51. The smallest absolute Gasteiger partial charge is 0.133 e. The van der Waals surface area contributed by atoms with Gasteiger partial charge in [-0.3, -0.25) is 0 Å². The number of rotatable bonds is 5. The van der Waals surface area contributed by atoms with Crippen LogP contribution in [-0.4, -0.2) is 28.9 Å². The molecular weight excluding hydrogens is 242 g/mol. The minimum absolute atomic E-state index is 0.347. The highest BCUT2D eigenvalue weighted by atomic mass is 16.4. The van der Waals surface area contributed by atoms with E-state index < -0.39 is 11.7 Å². The maximum absolute atomic E-state index is 10.5.